The minimum Gasteiger partial charge on any atom is -0.192 e. The largest absolute Gasteiger partial charge is 0.192 e. The molecule has 0 saturated heterocycles. The van der Waals surface area contributed by atoms with Gasteiger partial charge in [-0.25, -0.2) is 0 Å². The first-order chi connectivity index (χ1) is 5.31. The van der Waals surface area contributed by atoms with E-state index in [0.717, 1.165) is 10.4 Å². The number of hydrogen-bond acceptors (Lipinski definition) is 2. The Kier molecular flexibility index (Phi) is 3.19. The van der Waals surface area contributed by atoms with E-state index in [0.29, 0.717) is 16.6 Å². The molecule has 0 radical (unpaired) electrons. The fourth-order valence-corrected chi connectivity index (χ4v) is 2.23. The maximum atomic E-state index is 8.54. The lowest BCUT2D eigenvalue weighted by Crippen LogP contribution is -1.76. The molecule has 0 aliphatic rings. The molecule has 0 N–H and O–H groups in total. The van der Waals surface area contributed by atoms with Crippen LogP contribution < -0.4 is 0 Å². The third kappa shape index (κ3) is 1.87. The van der Waals surface area contributed by atoms with E-state index in [1.54, 1.807) is 6.07 Å². The van der Waals surface area contributed by atoms with Gasteiger partial charge in [0.25, 0.3) is 0 Å². The van der Waals surface area contributed by atoms with Crippen molar-refractivity contribution in [1.29, 1.82) is 5.26 Å². The third-order valence-corrected chi connectivity index (χ3v) is 3.07. The molecule has 0 unspecified atom stereocenters. The molecule has 4 heteroatoms. The molecule has 1 aromatic rings. The monoisotopic (exact) mass is 205 g/mol. The van der Waals surface area contributed by atoms with Gasteiger partial charge in [0.2, 0.25) is 0 Å². The summed E-state index contributed by atoms with van der Waals surface area (Å²) in [5.41, 5.74) is 0.975. The topological polar surface area (TPSA) is 23.8 Å². The van der Waals surface area contributed by atoms with Crippen LogP contribution >= 0.6 is 34.5 Å². The Bertz CT molecular complexity index is 266. The number of rotatable bonds is 2. The van der Waals surface area contributed by atoms with Gasteiger partial charge >= 0.3 is 0 Å². The molecule has 0 saturated carbocycles. The second-order valence-electron chi connectivity index (χ2n) is 1.94. The summed E-state index contributed by atoms with van der Waals surface area (Å²) in [4.78, 5) is 1.68. The lowest BCUT2D eigenvalue weighted by Gasteiger charge is -1.90. The SMILES string of the molecule is N#Cc1cc(CCl)c(CCl)s1. The fourth-order valence-electron chi connectivity index (χ4n) is 0.748. The number of nitriles is 1. The van der Waals surface area contributed by atoms with Gasteiger partial charge in [-0.15, -0.1) is 34.5 Å². The summed E-state index contributed by atoms with van der Waals surface area (Å²) in [5.74, 6) is 0.870. The molecular weight excluding hydrogens is 201 g/mol. The van der Waals surface area contributed by atoms with E-state index >= 15 is 0 Å². The molecule has 1 heterocycles. The first-order valence-corrected chi connectivity index (χ1v) is 4.84. The van der Waals surface area contributed by atoms with E-state index in [9.17, 15) is 0 Å². The van der Waals surface area contributed by atoms with Gasteiger partial charge in [0, 0.05) is 10.8 Å². The molecule has 1 rings (SSSR count). The summed E-state index contributed by atoms with van der Waals surface area (Å²) in [6.45, 7) is 0. The van der Waals surface area contributed by atoms with Crippen LogP contribution in [0.2, 0.25) is 0 Å². The second-order valence-corrected chi connectivity index (χ2v) is 3.61. The van der Waals surface area contributed by atoms with Gasteiger partial charge in [0.15, 0.2) is 0 Å². The number of halogens is 2. The van der Waals surface area contributed by atoms with Gasteiger partial charge in [-0.1, -0.05) is 0 Å². The van der Waals surface area contributed by atoms with Crippen molar-refractivity contribution in [3.63, 3.8) is 0 Å². The van der Waals surface area contributed by atoms with Crippen molar-refractivity contribution in [3.8, 4) is 6.07 Å². The van der Waals surface area contributed by atoms with E-state index in [-0.39, 0.29) is 0 Å². The molecule has 0 amide bonds. The minimum atomic E-state index is 0.431. The molecule has 58 valence electrons. The third-order valence-electron chi connectivity index (χ3n) is 1.27. The van der Waals surface area contributed by atoms with E-state index in [1.807, 2.05) is 0 Å². The highest BCUT2D eigenvalue weighted by atomic mass is 35.5. The molecule has 1 nitrogen and oxygen atoms in total. The maximum Gasteiger partial charge on any atom is 0.110 e. The standard InChI is InChI=1S/C7H5Cl2NS/c8-2-5-1-6(4-10)11-7(5)3-9/h1H,2-3H2. The van der Waals surface area contributed by atoms with Crippen LogP contribution in [-0.4, -0.2) is 0 Å². The summed E-state index contributed by atoms with van der Waals surface area (Å²) in [7, 11) is 0. The quantitative estimate of drug-likeness (QED) is 0.682. The summed E-state index contributed by atoms with van der Waals surface area (Å²) in [6.07, 6.45) is 0. The van der Waals surface area contributed by atoms with Gasteiger partial charge in [-0.2, -0.15) is 5.26 Å². The molecule has 0 atom stereocenters. The predicted molar refractivity (Wildman–Crippen MR) is 48.1 cm³/mol. The van der Waals surface area contributed by atoms with Gasteiger partial charge in [-0.05, 0) is 11.6 Å². The van der Waals surface area contributed by atoms with Crippen molar-refractivity contribution < 1.29 is 0 Å². The highest BCUT2D eigenvalue weighted by molar-refractivity contribution is 7.12. The van der Waals surface area contributed by atoms with Crippen molar-refractivity contribution in [1.82, 2.24) is 0 Å². The van der Waals surface area contributed by atoms with E-state index in [4.69, 9.17) is 28.5 Å². The molecule has 11 heavy (non-hydrogen) atoms. The van der Waals surface area contributed by atoms with Gasteiger partial charge in [0.05, 0.1) is 5.88 Å². The Morgan fingerprint density at radius 2 is 2.18 bits per heavy atom. The highest BCUT2D eigenvalue weighted by Gasteiger charge is 2.05. The van der Waals surface area contributed by atoms with Crippen molar-refractivity contribution in [2.45, 2.75) is 11.8 Å². The molecule has 1 aromatic heterocycles. The molecular formula is C7H5Cl2NS. The van der Waals surface area contributed by atoms with Crippen LogP contribution in [0, 0.1) is 11.3 Å². The minimum absolute atomic E-state index is 0.431. The predicted octanol–water partition coefficient (Wildman–Crippen LogP) is 3.10. The Hall–Kier alpha value is -0.230. The van der Waals surface area contributed by atoms with Crippen molar-refractivity contribution in [2.75, 3.05) is 0 Å². The first kappa shape index (κ1) is 8.86. The van der Waals surface area contributed by atoms with E-state index in [1.165, 1.54) is 11.3 Å². The number of hydrogen-bond donors (Lipinski definition) is 0. The van der Waals surface area contributed by atoms with Crippen LogP contribution in [0.15, 0.2) is 6.07 Å². The summed E-state index contributed by atoms with van der Waals surface area (Å²) in [6, 6.07) is 3.84. The van der Waals surface area contributed by atoms with Crippen molar-refractivity contribution >= 4 is 34.5 Å². The number of nitrogens with zero attached hydrogens (tertiary/aromatic N) is 1. The zero-order chi connectivity index (χ0) is 8.27. The van der Waals surface area contributed by atoms with Crippen LogP contribution in [0.1, 0.15) is 15.3 Å². The molecule has 0 aliphatic heterocycles. The van der Waals surface area contributed by atoms with Gasteiger partial charge in [-0.3, -0.25) is 0 Å². The van der Waals surface area contributed by atoms with Crippen molar-refractivity contribution in [3.05, 3.63) is 21.4 Å². The van der Waals surface area contributed by atoms with Gasteiger partial charge < -0.3 is 0 Å². The summed E-state index contributed by atoms with van der Waals surface area (Å²) in [5, 5.41) is 8.54. The van der Waals surface area contributed by atoms with Gasteiger partial charge in [0.1, 0.15) is 10.9 Å². The van der Waals surface area contributed by atoms with Crippen molar-refractivity contribution in [2.24, 2.45) is 0 Å². The highest BCUT2D eigenvalue weighted by Crippen LogP contribution is 2.24. The van der Waals surface area contributed by atoms with Crippen LogP contribution in [0.5, 0.6) is 0 Å². The smallest absolute Gasteiger partial charge is 0.110 e. The Morgan fingerprint density at radius 3 is 2.55 bits per heavy atom. The first-order valence-electron chi connectivity index (χ1n) is 2.95. The van der Waals surface area contributed by atoms with E-state index < -0.39 is 0 Å². The number of thiophene rings is 1. The Labute approximate surface area is 79.2 Å². The zero-order valence-electron chi connectivity index (χ0n) is 5.60. The van der Waals surface area contributed by atoms with Crippen LogP contribution in [0.4, 0.5) is 0 Å². The summed E-state index contributed by atoms with van der Waals surface area (Å²) < 4.78 is 0. The van der Waals surface area contributed by atoms with E-state index in [2.05, 4.69) is 6.07 Å². The fraction of sp³-hybridized carbons (Fsp3) is 0.286. The molecule has 0 aromatic carbocycles. The lowest BCUT2D eigenvalue weighted by molar-refractivity contribution is 1.35. The molecule has 0 bridgehead atoms. The molecule has 0 aliphatic carbocycles. The Morgan fingerprint density at radius 1 is 1.45 bits per heavy atom. The average molecular weight is 206 g/mol. The maximum absolute atomic E-state index is 8.54. The van der Waals surface area contributed by atoms with Crippen LogP contribution in [0.25, 0.3) is 0 Å². The zero-order valence-corrected chi connectivity index (χ0v) is 7.93. The molecule has 0 spiro atoms. The molecule has 0 fully saturated rings. The lowest BCUT2D eigenvalue weighted by atomic mass is 10.3. The average Bonchev–Trinajstić information content (AvgIpc) is 2.46. The van der Waals surface area contributed by atoms with Crippen LogP contribution in [-0.2, 0) is 11.8 Å². The normalized spacial score (nSPS) is 9.55. The Balaban J connectivity index is 3.04. The summed E-state index contributed by atoms with van der Waals surface area (Å²) >= 11 is 12.6. The number of alkyl halides is 2. The second kappa shape index (κ2) is 3.96. The van der Waals surface area contributed by atoms with Crippen LogP contribution in [0.3, 0.4) is 0 Å².